The largest absolute Gasteiger partial charge is 0.364 e. The van der Waals surface area contributed by atoms with Crippen LogP contribution in [0.15, 0.2) is 17.0 Å². The molecule has 0 spiro atoms. The fourth-order valence-electron chi connectivity index (χ4n) is 4.43. The van der Waals surface area contributed by atoms with Crippen molar-refractivity contribution in [3.63, 3.8) is 0 Å². The maximum atomic E-state index is 12.8. The van der Waals surface area contributed by atoms with E-state index in [1.807, 2.05) is 30.0 Å². The Bertz CT molecular complexity index is 859. The number of carbonyl (C=O) groups is 2. The first-order valence-corrected chi connectivity index (χ1v) is 9.88. The summed E-state index contributed by atoms with van der Waals surface area (Å²) < 4.78 is 6.57. The van der Waals surface area contributed by atoms with E-state index >= 15 is 0 Å². The summed E-state index contributed by atoms with van der Waals surface area (Å²) >= 11 is 0. The van der Waals surface area contributed by atoms with E-state index in [0.29, 0.717) is 37.5 Å². The molecular weight excluding hydrogens is 360 g/mol. The van der Waals surface area contributed by atoms with E-state index in [4.69, 9.17) is 4.52 Å². The van der Waals surface area contributed by atoms with E-state index in [1.54, 1.807) is 4.68 Å². The van der Waals surface area contributed by atoms with Crippen LogP contribution in [0.3, 0.4) is 0 Å². The van der Waals surface area contributed by atoms with Crippen LogP contribution in [0.4, 0.5) is 0 Å². The lowest BCUT2D eigenvalue weighted by Gasteiger charge is -2.47. The normalized spacial score (nSPS) is 22.2. The Labute approximate surface area is 163 Å². The van der Waals surface area contributed by atoms with E-state index in [1.165, 1.54) is 6.26 Å². The minimum Gasteiger partial charge on any atom is -0.364 e. The molecule has 2 atom stereocenters. The van der Waals surface area contributed by atoms with Gasteiger partial charge in [0.25, 0.3) is 5.91 Å². The predicted octanol–water partition coefficient (Wildman–Crippen LogP) is 1.20. The van der Waals surface area contributed by atoms with Gasteiger partial charge in [-0.25, -0.2) is 0 Å². The smallest absolute Gasteiger partial charge is 0.276 e. The van der Waals surface area contributed by atoms with Gasteiger partial charge >= 0.3 is 0 Å². The first-order chi connectivity index (χ1) is 13.5. The summed E-state index contributed by atoms with van der Waals surface area (Å²) in [4.78, 5) is 29.5. The fraction of sp³-hybridized carbons (Fsp3) is 0.632. The fourth-order valence-corrected chi connectivity index (χ4v) is 4.43. The maximum Gasteiger partial charge on any atom is 0.276 e. The van der Waals surface area contributed by atoms with Gasteiger partial charge in [-0.1, -0.05) is 10.4 Å². The lowest BCUT2D eigenvalue weighted by atomic mass is 9.83. The molecule has 150 valence electrons. The molecule has 2 aliphatic rings. The zero-order valence-corrected chi connectivity index (χ0v) is 16.4. The minimum absolute atomic E-state index is 0.0733. The second-order valence-corrected chi connectivity index (χ2v) is 7.83. The van der Waals surface area contributed by atoms with E-state index in [0.717, 1.165) is 37.1 Å². The number of fused-ring (bicyclic) bond motifs is 1. The van der Waals surface area contributed by atoms with Crippen molar-refractivity contribution < 1.29 is 14.1 Å². The van der Waals surface area contributed by atoms with Crippen LogP contribution in [0.25, 0.3) is 0 Å². The molecule has 2 aliphatic heterocycles. The predicted molar refractivity (Wildman–Crippen MR) is 99.3 cm³/mol. The molecule has 4 rings (SSSR count). The van der Waals surface area contributed by atoms with Crippen LogP contribution in [-0.2, 0) is 18.3 Å². The Kier molecular flexibility index (Phi) is 5.15. The quantitative estimate of drug-likeness (QED) is 0.783. The van der Waals surface area contributed by atoms with Crippen LogP contribution in [0.2, 0.25) is 0 Å². The van der Waals surface area contributed by atoms with E-state index < -0.39 is 0 Å². The number of rotatable bonds is 4. The molecule has 9 heteroatoms. The number of amides is 2. The molecule has 2 fully saturated rings. The number of hydrogen-bond acceptors (Lipinski definition) is 6. The van der Waals surface area contributed by atoms with Gasteiger partial charge in [-0.05, 0) is 32.1 Å². The average molecular weight is 386 g/mol. The summed E-state index contributed by atoms with van der Waals surface area (Å²) in [7, 11) is 1.82. The van der Waals surface area contributed by atoms with Gasteiger partial charge in [-0.2, -0.15) is 0 Å². The number of piperidine rings is 2. The second kappa shape index (κ2) is 7.73. The van der Waals surface area contributed by atoms with Gasteiger partial charge in [-0.3, -0.25) is 14.3 Å². The van der Waals surface area contributed by atoms with Crippen LogP contribution in [-0.4, -0.2) is 67.4 Å². The highest BCUT2D eigenvalue weighted by molar-refractivity contribution is 5.93. The number of nitrogens with zero attached hydrogens (tertiary/aromatic N) is 6. The molecule has 0 bridgehead atoms. The Morgan fingerprint density at radius 3 is 2.86 bits per heavy atom. The van der Waals surface area contributed by atoms with Crippen LogP contribution in [0.5, 0.6) is 0 Å². The third-order valence-corrected chi connectivity index (χ3v) is 5.87. The number of likely N-dealkylation sites (tertiary alicyclic amines) is 2. The van der Waals surface area contributed by atoms with Crippen molar-refractivity contribution in [1.29, 1.82) is 0 Å². The summed E-state index contributed by atoms with van der Waals surface area (Å²) in [5.74, 6) is 0.419. The Balaban J connectivity index is 1.37. The molecule has 2 aromatic heterocycles. The Morgan fingerprint density at radius 2 is 2.14 bits per heavy atom. The first kappa shape index (κ1) is 18.6. The summed E-state index contributed by atoms with van der Waals surface area (Å²) in [5.41, 5.74) is 2.00. The van der Waals surface area contributed by atoms with Gasteiger partial charge in [0, 0.05) is 57.3 Å². The Morgan fingerprint density at radius 1 is 1.29 bits per heavy atom. The minimum atomic E-state index is -0.0733. The third kappa shape index (κ3) is 3.65. The molecule has 2 aromatic rings. The molecule has 2 saturated heterocycles. The van der Waals surface area contributed by atoms with Gasteiger partial charge in [-0.15, -0.1) is 5.10 Å². The van der Waals surface area contributed by atoms with Gasteiger partial charge in [0.1, 0.15) is 6.26 Å². The van der Waals surface area contributed by atoms with Gasteiger partial charge in [0.05, 0.1) is 5.69 Å². The number of aromatic nitrogens is 4. The van der Waals surface area contributed by atoms with Crippen LogP contribution < -0.4 is 0 Å². The highest BCUT2D eigenvalue weighted by Gasteiger charge is 2.39. The van der Waals surface area contributed by atoms with Crippen LogP contribution in [0.1, 0.15) is 47.4 Å². The van der Waals surface area contributed by atoms with Crippen molar-refractivity contribution in [3.8, 4) is 0 Å². The molecule has 2 amide bonds. The van der Waals surface area contributed by atoms with Crippen LogP contribution in [0, 0.1) is 12.8 Å². The van der Waals surface area contributed by atoms with Gasteiger partial charge in [0.15, 0.2) is 5.69 Å². The van der Waals surface area contributed by atoms with Crippen molar-refractivity contribution in [2.45, 2.75) is 45.1 Å². The lowest BCUT2D eigenvalue weighted by Crippen LogP contribution is -2.56. The highest BCUT2D eigenvalue weighted by atomic mass is 16.5. The molecule has 28 heavy (non-hydrogen) atoms. The number of carbonyl (C=O) groups excluding carboxylic acids is 2. The molecule has 0 radical (unpaired) electrons. The molecule has 0 aliphatic carbocycles. The third-order valence-electron chi connectivity index (χ3n) is 5.87. The average Bonchev–Trinajstić information content (AvgIpc) is 3.32. The molecule has 0 N–H and O–H groups in total. The lowest BCUT2D eigenvalue weighted by molar-refractivity contribution is -0.138. The molecule has 9 nitrogen and oxygen atoms in total. The highest BCUT2D eigenvalue weighted by Crippen LogP contribution is 2.32. The van der Waals surface area contributed by atoms with Crippen molar-refractivity contribution in [2.24, 2.45) is 13.0 Å². The maximum absolute atomic E-state index is 12.8. The van der Waals surface area contributed by atoms with E-state index in [-0.39, 0.29) is 17.9 Å². The molecular formula is C19H26N6O3. The SMILES string of the molecule is Cc1conc1C(=O)N1CCC2C(CCCN2C(=O)CCc2cn(C)nn2)C1. The Hall–Kier alpha value is -2.71. The summed E-state index contributed by atoms with van der Waals surface area (Å²) in [6.07, 6.45) is 7.23. The van der Waals surface area contributed by atoms with Crippen molar-refractivity contribution >= 4 is 11.8 Å². The number of hydrogen-bond donors (Lipinski definition) is 0. The van der Waals surface area contributed by atoms with Crippen molar-refractivity contribution in [2.75, 3.05) is 19.6 Å². The topological polar surface area (TPSA) is 97.4 Å². The molecule has 4 heterocycles. The van der Waals surface area contributed by atoms with Gasteiger partial charge in [0.2, 0.25) is 5.91 Å². The summed E-state index contributed by atoms with van der Waals surface area (Å²) in [6.45, 7) is 3.94. The summed E-state index contributed by atoms with van der Waals surface area (Å²) in [5, 5.41) is 11.8. The first-order valence-electron chi connectivity index (χ1n) is 9.88. The van der Waals surface area contributed by atoms with Crippen molar-refractivity contribution in [3.05, 3.63) is 29.4 Å². The standard InChI is InChI=1S/C19H26N6O3/c1-13-12-28-21-18(13)19(27)24-9-7-16-14(10-24)4-3-8-25(16)17(26)6-5-15-11-23(2)22-20-15/h11-12,14,16H,3-10H2,1-2H3. The molecule has 2 unspecified atom stereocenters. The van der Waals surface area contributed by atoms with Crippen molar-refractivity contribution in [1.82, 2.24) is 30.0 Å². The number of aryl methyl sites for hydroxylation is 3. The van der Waals surface area contributed by atoms with Crippen LogP contribution >= 0.6 is 0 Å². The van der Waals surface area contributed by atoms with E-state index in [9.17, 15) is 9.59 Å². The monoisotopic (exact) mass is 386 g/mol. The van der Waals surface area contributed by atoms with Gasteiger partial charge < -0.3 is 14.3 Å². The van der Waals surface area contributed by atoms with E-state index in [2.05, 4.69) is 15.5 Å². The zero-order chi connectivity index (χ0) is 19.7. The summed E-state index contributed by atoms with van der Waals surface area (Å²) in [6, 6.07) is 0.213. The molecule has 0 aromatic carbocycles. The second-order valence-electron chi connectivity index (χ2n) is 7.83. The zero-order valence-electron chi connectivity index (χ0n) is 16.4. The molecule has 0 saturated carbocycles.